The Morgan fingerprint density at radius 3 is 2.75 bits per heavy atom. The molecule has 2 rings (SSSR count). The van der Waals surface area contributed by atoms with E-state index in [1.165, 1.54) is 5.69 Å². The fourth-order valence-corrected chi connectivity index (χ4v) is 2.50. The molecule has 0 unspecified atom stereocenters. The Hall–Kier alpha value is -0.800. The van der Waals surface area contributed by atoms with Crippen LogP contribution in [0.1, 0.15) is 31.4 Å². The minimum atomic E-state index is -0.0481. The molecule has 3 nitrogen and oxygen atoms in total. The van der Waals surface area contributed by atoms with Crippen molar-refractivity contribution in [2.45, 2.75) is 44.2 Å². The predicted octanol–water partition coefficient (Wildman–Crippen LogP) is 1.79. The molecule has 0 saturated heterocycles. The smallest absolute Gasteiger partial charge is 0.0541 e. The standard InChI is InChI=1S/C13H22N2O/c1-15(10-8-11-3-2-9-14-11)12-4-6-13(16)7-5-12/h2-3,9,12-14,16H,4-8,10H2,1H3. The second kappa shape index (κ2) is 5.51. The van der Waals surface area contributed by atoms with Gasteiger partial charge in [0.15, 0.2) is 0 Å². The highest BCUT2D eigenvalue weighted by atomic mass is 16.3. The molecule has 90 valence electrons. The average molecular weight is 222 g/mol. The van der Waals surface area contributed by atoms with Crippen molar-refractivity contribution in [2.75, 3.05) is 13.6 Å². The molecule has 1 aromatic rings. The van der Waals surface area contributed by atoms with E-state index < -0.39 is 0 Å². The van der Waals surface area contributed by atoms with Crippen molar-refractivity contribution in [3.8, 4) is 0 Å². The summed E-state index contributed by atoms with van der Waals surface area (Å²) in [4.78, 5) is 5.67. The molecular formula is C13H22N2O. The molecule has 0 radical (unpaired) electrons. The fraction of sp³-hybridized carbons (Fsp3) is 0.692. The van der Waals surface area contributed by atoms with Crippen molar-refractivity contribution < 1.29 is 5.11 Å². The van der Waals surface area contributed by atoms with Gasteiger partial charge in [0.05, 0.1) is 6.10 Å². The van der Waals surface area contributed by atoms with E-state index in [-0.39, 0.29) is 6.10 Å². The maximum atomic E-state index is 9.47. The minimum Gasteiger partial charge on any atom is -0.393 e. The molecule has 1 saturated carbocycles. The maximum absolute atomic E-state index is 9.47. The van der Waals surface area contributed by atoms with Gasteiger partial charge in [-0.05, 0) is 44.9 Å². The van der Waals surface area contributed by atoms with Crippen molar-refractivity contribution in [3.05, 3.63) is 24.0 Å². The van der Waals surface area contributed by atoms with E-state index >= 15 is 0 Å². The molecule has 0 aliphatic heterocycles. The van der Waals surface area contributed by atoms with Gasteiger partial charge in [0.1, 0.15) is 0 Å². The zero-order chi connectivity index (χ0) is 11.4. The Morgan fingerprint density at radius 1 is 1.38 bits per heavy atom. The number of aliphatic hydroxyl groups excluding tert-OH is 1. The van der Waals surface area contributed by atoms with Crippen LogP contribution in [0.3, 0.4) is 0 Å². The summed E-state index contributed by atoms with van der Waals surface area (Å²) in [6, 6.07) is 4.85. The molecule has 0 bridgehead atoms. The number of likely N-dealkylation sites (N-methyl/N-ethyl adjacent to an activating group) is 1. The molecule has 0 atom stereocenters. The Morgan fingerprint density at radius 2 is 2.12 bits per heavy atom. The molecule has 16 heavy (non-hydrogen) atoms. The van der Waals surface area contributed by atoms with Crippen LogP contribution in [0.2, 0.25) is 0 Å². The van der Waals surface area contributed by atoms with Crippen molar-refractivity contribution in [1.82, 2.24) is 9.88 Å². The van der Waals surface area contributed by atoms with Gasteiger partial charge in [-0.15, -0.1) is 0 Å². The van der Waals surface area contributed by atoms with Crippen LogP contribution in [0.25, 0.3) is 0 Å². The van der Waals surface area contributed by atoms with Gasteiger partial charge in [-0.3, -0.25) is 0 Å². The predicted molar refractivity (Wildman–Crippen MR) is 65.4 cm³/mol. The first-order valence-corrected chi connectivity index (χ1v) is 6.26. The number of nitrogens with one attached hydrogen (secondary N) is 1. The van der Waals surface area contributed by atoms with E-state index in [0.29, 0.717) is 6.04 Å². The van der Waals surface area contributed by atoms with Crippen LogP contribution in [0.5, 0.6) is 0 Å². The molecule has 1 fully saturated rings. The molecule has 1 aliphatic rings. The SMILES string of the molecule is CN(CCc1ccc[nH]1)C1CCC(O)CC1. The molecular weight excluding hydrogens is 200 g/mol. The van der Waals surface area contributed by atoms with Crippen LogP contribution in [0, 0.1) is 0 Å². The van der Waals surface area contributed by atoms with Gasteiger partial charge in [0.2, 0.25) is 0 Å². The van der Waals surface area contributed by atoms with Gasteiger partial charge < -0.3 is 15.0 Å². The lowest BCUT2D eigenvalue weighted by atomic mass is 9.92. The summed E-state index contributed by atoms with van der Waals surface area (Å²) < 4.78 is 0. The maximum Gasteiger partial charge on any atom is 0.0541 e. The highest BCUT2D eigenvalue weighted by Gasteiger charge is 2.22. The first-order chi connectivity index (χ1) is 7.75. The zero-order valence-electron chi connectivity index (χ0n) is 10.0. The van der Waals surface area contributed by atoms with E-state index in [4.69, 9.17) is 0 Å². The average Bonchev–Trinajstić information content (AvgIpc) is 2.80. The highest BCUT2D eigenvalue weighted by molar-refractivity contribution is 5.03. The Labute approximate surface area is 97.5 Å². The molecule has 0 spiro atoms. The summed E-state index contributed by atoms with van der Waals surface area (Å²) in [5, 5.41) is 9.47. The molecule has 3 heteroatoms. The fourth-order valence-electron chi connectivity index (χ4n) is 2.50. The number of hydrogen-bond donors (Lipinski definition) is 2. The van der Waals surface area contributed by atoms with Crippen molar-refractivity contribution in [1.29, 1.82) is 0 Å². The molecule has 0 aromatic carbocycles. The van der Waals surface area contributed by atoms with Crippen LogP contribution >= 0.6 is 0 Å². The third-order valence-electron chi connectivity index (χ3n) is 3.69. The zero-order valence-corrected chi connectivity index (χ0v) is 10.0. The van der Waals surface area contributed by atoms with Crippen LogP contribution in [-0.2, 0) is 6.42 Å². The van der Waals surface area contributed by atoms with Crippen molar-refractivity contribution in [3.63, 3.8) is 0 Å². The third-order valence-corrected chi connectivity index (χ3v) is 3.69. The topological polar surface area (TPSA) is 39.3 Å². The van der Waals surface area contributed by atoms with Gasteiger partial charge in [-0.2, -0.15) is 0 Å². The third kappa shape index (κ3) is 3.09. The summed E-state index contributed by atoms with van der Waals surface area (Å²) in [5.74, 6) is 0. The Bertz CT molecular complexity index is 289. The summed E-state index contributed by atoms with van der Waals surface area (Å²) in [6.07, 6.45) is 7.24. The quantitative estimate of drug-likeness (QED) is 0.815. The van der Waals surface area contributed by atoms with E-state index in [9.17, 15) is 5.11 Å². The Balaban J connectivity index is 1.73. The van der Waals surface area contributed by atoms with E-state index in [1.54, 1.807) is 0 Å². The molecule has 2 N–H and O–H groups in total. The number of aromatic nitrogens is 1. The second-order valence-corrected chi connectivity index (χ2v) is 4.89. The molecule has 1 aliphatic carbocycles. The van der Waals surface area contributed by atoms with Crippen molar-refractivity contribution >= 4 is 0 Å². The molecule has 0 amide bonds. The number of hydrogen-bond acceptors (Lipinski definition) is 2. The summed E-state index contributed by atoms with van der Waals surface area (Å²) in [5.41, 5.74) is 1.31. The van der Waals surface area contributed by atoms with Crippen LogP contribution in [-0.4, -0.2) is 40.7 Å². The Kier molecular flexibility index (Phi) is 4.02. The number of aromatic amines is 1. The van der Waals surface area contributed by atoms with Gasteiger partial charge in [-0.25, -0.2) is 0 Å². The first-order valence-electron chi connectivity index (χ1n) is 6.26. The summed E-state index contributed by atoms with van der Waals surface area (Å²) >= 11 is 0. The number of H-pyrrole nitrogens is 1. The van der Waals surface area contributed by atoms with Crippen molar-refractivity contribution in [2.24, 2.45) is 0 Å². The normalized spacial score (nSPS) is 26.2. The molecule has 1 aromatic heterocycles. The largest absolute Gasteiger partial charge is 0.393 e. The lowest BCUT2D eigenvalue weighted by molar-refractivity contribution is 0.0846. The number of aliphatic hydroxyl groups is 1. The number of nitrogens with zero attached hydrogens (tertiary/aromatic N) is 1. The number of rotatable bonds is 4. The summed E-state index contributed by atoms with van der Waals surface area (Å²) in [7, 11) is 2.20. The lowest BCUT2D eigenvalue weighted by Gasteiger charge is -2.33. The first kappa shape index (κ1) is 11.7. The van der Waals surface area contributed by atoms with Crippen LogP contribution in [0.4, 0.5) is 0 Å². The summed E-state index contributed by atoms with van der Waals surface area (Å²) in [6.45, 7) is 1.10. The van der Waals surface area contributed by atoms with Gasteiger partial charge in [-0.1, -0.05) is 0 Å². The van der Waals surface area contributed by atoms with Gasteiger partial charge in [0, 0.05) is 30.9 Å². The van der Waals surface area contributed by atoms with E-state index in [2.05, 4.69) is 23.0 Å². The second-order valence-electron chi connectivity index (χ2n) is 4.89. The lowest BCUT2D eigenvalue weighted by Crippen LogP contribution is -2.37. The van der Waals surface area contributed by atoms with Crippen LogP contribution < -0.4 is 0 Å². The van der Waals surface area contributed by atoms with Gasteiger partial charge in [0.25, 0.3) is 0 Å². The monoisotopic (exact) mass is 222 g/mol. The van der Waals surface area contributed by atoms with E-state index in [1.807, 2.05) is 12.3 Å². The molecule has 1 heterocycles. The van der Waals surface area contributed by atoms with Gasteiger partial charge >= 0.3 is 0 Å². The highest BCUT2D eigenvalue weighted by Crippen LogP contribution is 2.22. The minimum absolute atomic E-state index is 0.0481. The van der Waals surface area contributed by atoms with Crippen LogP contribution in [0.15, 0.2) is 18.3 Å². The van der Waals surface area contributed by atoms with E-state index in [0.717, 1.165) is 38.6 Å².